The number of ether oxygens (including phenoxy) is 1. The SMILES string of the molecule is CO[C@H](c1ccccc1)[C@@H](I)CO. The van der Waals surface area contributed by atoms with E-state index < -0.39 is 0 Å². The molecular weight excluding hydrogens is 279 g/mol. The van der Waals surface area contributed by atoms with Crippen LogP contribution in [0.2, 0.25) is 0 Å². The van der Waals surface area contributed by atoms with E-state index in [-0.39, 0.29) is 16.6 Å². The van der Waals surface area contributed by atoms with Crippen LogP contribution >= 0.6 is 22.6 Å². The van der Waals surface area contributed by atoms with Crippen LogP contribution in [-0.2, 0) is 4.74 Å². The van der Waals surface area contributed by atoms with E-state index in [0.29, 0.717) is 0 Å². The molecule has 0 heterocycles. The van der Waals surface area contributed by atoms with Crippen molar-refractivity contribution in [2.24, 2.45) is 0 Å². The fourth-order valence-electron chi connectivity index (χ4n) is 1.23. The molecule has 0 aliphatic carbocycles. The smallest absolute Gasteiger partial charge is 0.0960 e. The predicted octanol–water partition coefficient (Wildman–Crippen LogP) is 2.17. The van der Waals surface area contributed by atoms with Crippen molar-refractivity contribution in [2.45, 2.75) is 10.0 Å². The van der Waals surface area contributed by atoms with Gasteiger partial charge in [0.15, 0.2) is 0 Å². The maximum Gasteiger partial charge on any atom is 0.0960 e. The van der Waals surface area contributed by atoms with Gasteiger partial charge in [-0.3, -0.25) is 0 Å². The first-order chi connectivity index (χ1) is 6.29. The highest BCUT2D eigenvalue weighted by molar-refractivity contribution is 14.1. The van der Waals surface area contributed by atoms with Gasteiger partial charge < -0.3 is 9.84 Å². The summed E-state index contributed by atoms with van der Waals surface area (Å²) in [4.78, 5) is 0. The molecule has 0 aromatic heterocycles. The van der Waals surface area contributed by atoms with Crippen molar-refractivity contribution in [2.75, 3.05) is 13.7 Å². The molecule has 1 aromatic carbocycles. The first-order valence-electron chi connectivity index (χ1n) is 4.12. The Morgan fingerprint density at radius 2 is 2.00 bits per heavy atom. The van der Waals surface area contributed by atoms with Gasteiger partial charge in [-0.2, -0.15) is 0 Å². The number of hydrogen-bond acceptors (Lipinski definition) is 2. The van der Waals surface area contributed by atoms with Crippen LogP contribution in [0.25, 0.3) is 0 Å². The number of alkyl halides is 1. The third kappa shape index (κ3) is 2.93. The number of aliphatic hydroxyl groups excluding tert-OH is 1. The van der Waals surface area contributed by atoms with E-state index in [2.05, 4.69) is 22.6 Å². The summed E-state index contributed by atoms with van der Waals surface area (Å²) in [5.41, 5.74) is 1.11. The lowest BCUT2D eigenvalue weighted by Crippen LogP contribution is -2.17. The van der Waals surface area contributed by atoms with Gasteiger partial charge in [-0.25, -0.2) is 0 Å². The second kappa shape index (κ2) is 5.57. The van der Waals surface area contributed by atoms with Crippen LogP contribution in [-0.4, -0.2) is 22.7 Å². The van der Waals surface area contributed by atoms with Crippen molar-refractivity contribution in [1.29, 1.82) is 0 Å². The van der Waals surface area contributed by atoms with Crippen LogP contribution in [0, 0.1) is 0 Å². The second-order valence-corrected chi connectivity index (χ2v) is 4.37. The van der Waals surface area contributed by atoms with E-state index in [4.69, 9.17) is 9.84 Å². The van der Waals surface area contributed by atoms with Crippen molar-refractivity contribution in [3.63, 3.8) is 0 Å². The summed E-state index contributed by atoms with van der Waals surface area (Å²) in [6, 6.07) is 9.94. The third-order valence-corrected chi connectivity index (χ3v) is 2.93. The molecule has 1 rings (SSSR count). The van der Waals surface area contributed by atoms with E-state index in [9.17, 15) is 0 Å². The highest BCUT2D eigenvalue weighted by atomic mass is 127. The zero-order valence-electron chi connectivity index (χ0n) is 7.48. The first kappa shape index (κ1) is 10.9. The molecule has 0 saturated carbocycles. The third-order valence-electron chi connectivity index (χ3n) is 1.88. The van der Waals surface area contributed by atoms with Gasteiger partial charge in [0, 0.05) is 7.11 Å². The monoisotopic (exact) mass is 292 g/mol. The number of rotatable bonds is 4. The molecule has 0 radical (unpaired) electrons. The van der Waals surface area contributed by atoms with Crippen molar-refractivity contribution >= 4 is 22.6 Å². The number of methoxy groups -OCH3 is 1. The molecule has 0 saturated heterocycles. The molecule has 0 aliphatic heterocycles. The zero-order valence-corrected chi connectivity index (χ0v) is 9.64. The molecule has 0 bridgehead atoms. The summed E-state index contributed by atoms with van der Waals surface area (Å²) in [6.45, 7) is 0.133. The average Bonchev–Trinajstić information content (AvgIpc) is 2.20. The fraction of sp³-hybridized carbons (Fsp3) is 0.400. The number of aliphatic hydroxyl groups is 1. The molecule has 0 aliphatic rings. The first-order valence-corrected chi connectivity index (χ1v) is 5.36. The summed E-state index contributed by atoms with van der Waals surface area (Å²) < 4.78 is 5.42. The van der Waals surface area contributed by atoms with Gasteiger partial charge in [-0.15, -0.1) is 0 Å². The Bertz CT molecular complexity index is 238. The number of hydrogen-bond donors (Lipinski definition) is 1. The van der Waals surface area contributed by atoms with E-state index in [1.165, 1.54) is 0 Å². The second-order valence-electron chi connectivity index (χ2n) is 2.77. The maximum absolute atomic E-state index is 9.01. The fourth-order valence-corrected chi connectivity index (χ4v) is 1.94. The summed E-state index contributed by atoms with van der Waals surface area (Å²) in [5, 5.41) is 9.01. The van der Waals surface area contributed by atoms with E-state index in [0.717, 1.165) is 5.56 Å². The molecule has 0 amide bonds. The normalized spacial score (nSPS) is 15.3. The molecule has 3 heteroatoms. The van der Waals surface area contributed by atoms with Crippen LogP contribution in [0.1, 0.15) is 11.7 Å². The minimum Gasteiger partial charge on any atom is -0.395 e. The molecule has 2 atom stereocenters. The molecule has 0 fully saturated rings. The minimum absolute atomic E-state index is 0.0215. The van der Waals surface area contributed by atoms with Gasteiger partial charge in [-0.1, -0.05) is 52.9 Å². The van der Waals surface area contributed by atoms with Gasteiger partial charge >= 0.3 is 0 Å². The van der Waals surface area contributed by atoms with E-state index >= 15 is 0 Å². The largest absolute Gasteiger partial charge is 0.395 e. The molecule has 2 nitrogen and oxygen atoms in total. The Morgan fingerprint density at radius 1 is 1.38 bits per heavy atom. The van der Waals surface area contributed by atoms with Gasteiger partial charge in [0.25, 0.3) is 0 Å². The quantitative estimate of drug-likeness (QED) is 0.681. The lowest BCUT2D eigenvalue weighted by atomic mass is 10.1. The summed E-state index contributed by atoms with van der Waals surface area (Å²) in [6.07, 6.45) is -0.0215. The Hall–Kier alpha value is -0.130. The number of halogens is 1. The van der Waals surface area contributed by atoms with Crippen molar-refractivity contribution in [3.05, 3.63) is 35.9 Å². The molecule has 1 N–H and O–H groups in total. The molecule has 0 unspecified atom stereocenters. The summed E-state index contributed by atoms with van der Waals surface area (Å²) in [5.74, 6) is 0. The Balaban J connectivity index is 2.78. The molecule has 72 valence electrons. The predicted molar refractivity (Wildman–Crippen MR) is 61.1 cm³/mol. The highest BCUT2D eigenvalue weighted by Gasteiger charge is 2.18. The average molecular weight is 292 g/mol. The van der Waals surface area contributed by atoms with E-state index in [1.807, 2.05) is 30.3 Å². The molecule has 0 spiro atoms. The Kier molecular flexibility index (Phi) is 4.69. The van der Waals surface area contributed by atoms with E-state index in [1.54, 1.807) is 7.11 Å². The minimum atomic E-state index is -0.0215. The summed E-state index contributed by atoms with van der Waals surface area (Å²) in [7, 11) is 1.67. The highest BCUT2D eigenvalue weighted by Crippen LogP contribution is 2.25. The van der Waals surface area contributed by atoms with Crippen LogP contribution in [0.3, 0.4) is 0 Å². The van der Waals surface area contributed by atoms with Crippen LogP contribution in [0.4, 0.5) is 0 Å². The van der Waals surface area contributed by atoms with Crippen LogP contribution in [0.15, 0.2) is 30.3 Å². The van der Waals surface area contributed by atoms with Crippen molar-refractivity contribution in [3.8, 4) is 0 Å². The van der Waals surface area contributed by atoms with Crippen LogP contribution < -0.4 is 0 Å². The summed E-state index contributed by atoms with van der Waals surface area (Å²) >= 11 is 2.20. The maximum atomic E-state index is 9.01. The van der Waals surface area contributed by atoms with Gasteiger partial charge in [0.1, 0.15) is 0 Å². The lowest BCUT2D eigenvalue weighted by molar-refractivity contribution is 0.0880. The zero-order chi connectivity index (χ0) is 9.68. The van der Waals surface area contributed by atoms with Gasteiger partial charge in [0.05, 0.1) is 16.6 Å². The standard InChI is InChI=1S/C10H13IO2/c1-13-10(9(11)7-12)8-5-3-2-4-6-8/h2-6,9-10,12H,7H2,1H3/t9-,10+/m0/s1. The van der Waals surface area contributed by atoms with Crippen molar-refractivity contribution in [1.82, 2.24) is 0 Å². The molecule has 1 aromatic rings. The Morgan fingerprint density at radius 3 is 2.46 bits per heavy atom. The topological polar surface area (TPSA) is 29.5 Å². The lowest BCUT2D eigenvalue weighted by Gasteiger charge is -2.19. The molecule has 13 heavy (non-hydrogen) atoms. The van der Waals surface area contributed by atoms with Gasteiger partial charge in [-0.05, 0) is 5.56 Å². The van der Waals surface area contributed by atoms with Crippen molar-refractivity contribution < 1.29 is 9.84 Å². The van der Waals surface area contributed by atoms with Gasteiger partial charge in [0.2, 0.25) is 0 Å². The Labute approximate surface area is 92.1 Å². The number of benzene rings is 1. The van der Waals surface area contributed by atoms with Crippen LogP contribution in [0.5, 0.6) is 0 Å². The molecular formula is C10H13IO2.